The zero-order valence-electron chi connectivity index (χ0n) is 15.6. The van der Waals surface area contributed by atoms with Crippen molar-refractivity contribution in [1.82, 2.24) is 9.88 Å². The maximum Gasteiger partial charge on any atom is 0.410 e. The fourth-order valence-electron chi connectivity index (χ4n) is 4.51. The molecule has 0 aliphatic carbocycles. The standard InChI is InChI=1S/C24H22N2O2/c27-24(28-16-17-5-2-1-3-6-17)26-20-9-10-21(26)14-19(13-20)22-8-4-7-18-15-25-12-11-23(18)22/h1-8,11-13,15,20-21H,9-10,14,16H2. The summed E-state index contributed by atoms with van der Waals surface area (Å²) in [6, 6.07) is 18.6. The summed E-state index contributed by atoms with van der Waals surface area (Å²) in [5.41, 5.74) is 3.60. The second kappa shape index (κ2) is 7.12. The molecule has 0 spiro atoms. The number of aromatic nitrogens is 1. The van der Waals surface area contributed by atoms with Gasteiger partial charge in [0.05, 0.1) is 6.04 Å². The van der Waals surface area contributed by atoms with E-state index in [0.717, 1.165) is 30.2 Å². The molecule has 5 rings (SSSR count). The van der Waals surface area contributed by atoms with Crippen LogP contribution in [0.5, 0.6) is 0 Å². The first-order valence-electron chi connectivity index (χ1n) is 9.82. The smallest absolute Gasteiger partial charge is 0.410 e. The molecule has 2 aliphatic rings. The average molecular weight is 370 g/mol. The van der Waals surface area contributed by atoms with Crippen LogP contribution in [0.4, 0.5) is 4.79 Å². The van der Waals surface area contributed by atoms with Gasteiger partial charge in [-0.15, -0.1) is 0 Å². The highest BCUT2D eigenvalue weighted by molar-refractivity contribution is 5.94. The average Bonchev–Trinajstić information content (AvgIpc) is 3.02. The highest BCUT2D eigenvalue weighted by atomic mass is 16.6. The molecule has 140 valence electrons. The first-order valence-corrected chi connectivity index (χ1v) is 9.82. The fraction of sp³-hybridized carbons (Fsp3) is 0.250. The maximum absolute atomic E-state index is 12.8. The van der Waals surface area contributed by atoms with Crippen molar-refractivity contribution >= 4 is 22.4 Å². The molecular formula is C24H22N2O2. The normalized spacial score (nSPS) is 20.9. The highest BCUT2D eigenvalue weighted by Gasteiger charge is 2.40. The summed E-state index contributed by atoms with van der Waals surface area (Å²) in [5, 5.41) is 2.38. The number of nitrogens with zero attached hydrogens (tertiary/aromatic N) is 2. The summed E-state index contributed by atoms with van der Waals surface area (Å²) in [6.45, 7) is 0.322. The van der Waals surface area contributed by atoms with Gasteiger partial charge in [0.2, 0.25) is 0 Å². The van der Waals surface area contributed by atoms with Crippen molar-refractivity contribution in [2.45, 2.75) is 38.0 Å². The Bertz CT molecular complexity index is 1040. The molecule has 28 heavy (non-hydrogen) atoms. The highest BCUT2D eigenvalue weighted by Crippen LogP contribution is 2.40. The van der Waals surface area contributed by atoms with E-state index in [1.807, 2.05) is 47.6 Å². The van der Waals surface area contributed by atoms with Gasteiger partial charge in [0, 0.05) is 23.8 Å². The molecule has 0 saturated carbocycles. The van der Waals surface area contributed by atoms with Crippen LogP contribution in [-0.2, 0) is 11.3 Å². The third kappa shape index (κ3) is 3.05. The molecule has 3 aromatic rings. The number of rotatable bonds is 3. The van der Waals surface area contributed by atoms with Crippen LogP contribution in [0.3, 0.4) is 0 Å². The summed E-state index contributed by atoms with van der Waals surface area (Å²) >= 11 is 0. The summed E-state index contributed by atoms with van der Waals surface area (Å²) in [6.07, 6.45) is 8.72. The predicted molar refractivity (Wildman–Crippen MR) is 110 cm³/mol. The van der Waals surface area contributed by atoms with Crippen LogP contribution < -0.4 is 0 Å². The van der Waals surface area contributed by atoms with Gasteiger partial charge in [-0.2, -0.15) is 0 Å². The lowest BCUT2D eigenvalue weighted by molar-refractivity contribution is 0.0832. The fourth-order valence-corrected chi connectivity index (χ4v) is 4.51. The Kier molecular flexibility index (Phi) is 4.32. The van der Waals surface area contributed by atoms with Crippen molar-refractivity contribution in [2.24, 2.45) is 0 Å². The number of fused-ring (bicyclic) bond motifs is 3. The van der Waals surface area contributed by atoms with Gasteiger partial charge in [0.15, 0.2) is 0 Å². The molecule has 3 heterocycles. The number of hydrogen-bond donors (Lipinski definition) is 0. The van der Waals surface area contributed by atoms with Gasteiger partial charge in [-0.1, -0.05) is 54.6 Å². The van der Waals surface area contributed by atoms with Gasteiger partial charge in [-0.3, -0.25) is 9.88 Å². The summed E-state index contributed by atoms with van der Waals surface area (Å²) in [4.78, 5) is 18.9. The molecule has 4 nitrogen and oxygen atoms in total. The van der Waals surface area contributed by atoms with E-state index in [1.165, 1.54) is 16.5 Å². The molecule has 2 atom stereocenters. The van der Waals surface area contributed by atoms with Gasteiger partial charge < -0.3 is 4.74 Å². The molecule has 2 unspecified atom stereocenters. The van der Waals surface area contributed by atoms with E-state index in [4.69, 9.17) is 4.74 Å². The van der Waals surface area contributed by atoms with Crippen LogP contribution in [-0.4, -0.2) is 28.1 Å². The van der Waals surface area contributed by atoms with Crippen molar-refractivity contribution in [3.63, 3.8) is 0 Å². The molecule has 2 bridgehead atoms. The Morgan fingerprint density at radius 1 is 1.07 bits per heavy atom. The first-order chi connectivity index (χ1) is 13.8. The Hall–Kier alpha value is -3.14. The third-order valence-electron chi connectivity index (χ3n) is 5.84. The number of hydrogen-bond acceptors (Lipinski definition) is 3. The second-order valence-electron chi connectivity index (χ2n) is 7.54. The summed E-state index contributed by atoms with van der Waals surface area (Å²) in [5.74, 6) is 0. The number of benzene rings is 2. The van der Waals surface area contributed by atoms with Gasteiger partial charge in [0.1, 0.15) is 6.61 Å². The molecule has 0 N–H and O–H groups in total. The minimum Gasteiger partial charge on any atom is -0.445 e. The van der Waals surface area contributed by atoms with Crippen LogP contribution >= 0.6 is 0 Å². The zero-order chi connectivity index (χ0) is 18.9. The quantitative estimate of drug-likeness (QED) is 0.637. The minimum atomic E-state index is -0.200. The molecule has 1 amide bonds. The van der Waals surface area contributed by atoms with Crippen LogP contribution in [0, 0.1) is 0 Å². The second-order valence-corrected chi connectivity index (χ2v) is 7.54. The van der Waals surface area contributed by atoms with E-state index in [1.54, 1.807) is 0 Å². The van der Waals surface area contributed by atoms with Crippen molar-refractivity contribution in [1.29, 1.82) is 0 Å². The van der Waals surface area contributed by atoms with Gasteiger partial charge in [-0.05, 0) is 47.4 Å². The number of carbonyl (C=O) groups is 1. The topological polar surface area (TPSA) is 42.4 Å². The van der Waals surface area contributed by atoms with Crippen LogP contribution in [0.1, 0.15) is 30.4 Å². The Morgan fingerprint density at radius 2 is 1.96 bits per heavy atom. The van der Waals surface area contributed by atoms with Gasteiger partial charge >= 0.3 is 6.09 Å². The summed E-state index contributed by atoms with van der Waals surface area (Å²) in [7, 11) is 0. The lowest BCUT2D eigenvalue weighted by Crippen LogP contribution is -2.43. The molecule has 2 aliphatic heterocycles. The van der Waals surface area contributed by atoms with E-state index in [9.17, 15) is 4.79 Å². The SMILES string of the molecule is O=C(OCc1ccccc1)N1C2C=C(c3cccc4cnccc34)CC1CC2. The Balaban J connectivity index is 1.37. The molecule has 0 radical (unpaired) electrons. The largest absolute Gasteiger partial charge is 0.445 e. The number of ether oxygens (including phenoxy) is 1. The third-order valence-corrected chi connectivity index (χ3v) is 5.84. The lowest BCUT2D eigenvalue weighted by Gasteiger charge is -2.33. The molecule has 2 aromatic carbocycles. The van der Waals surface area contributed by atoms with Crippen molar-refractivity contribution in [3.05, 3.63) is 84.2 Å². The van der Waals surface area contributed by atoms with Crippen LogP contribution in [0.25, 0.3) is 16.3 Å². The molecular weight excluding hydrogens is 348 g/mol. The molecule has 1 saturated heterocycles. The van der Waals surface area contributed by atoms with E-state index < -0.39 is 0 Å². The molecule has 4 heteroatoms. The van der Waals surface area contributed by atoms with Gasteiger partial charge in [0.25, 0.3) is 0 Å². The monoisotopic (exact) mass is 370 g/mol. The van der Waals surface area contributed by atoms with Crippen LogP contribution in [0.2, 0.25) is 0 Å². The zero-order valence-corrected chi connectivity index (χ0v) is 15.6. The maximum atomic E-state index is 12.8. The van der Waals surface area contributed by atoms with Crippen molar-refractivity contribution < 1.29 is 9.53 Å². The molecule has 1 fully saturated rings. The summed E-state index contributed by atoms with van der Waals surface area (Å²) < 4.78 is 5.61. The first kappa shape index (κ1) is 17.0. The van der Waals surface area contributed by atoms with Crippen molar-refractivity contribution in [3.8, 4) is 0 Å². The predicted octanol–water partition coefficient (Wildman–Crippen LogP) is 5.19. The Labute approximate surface area is 164 Å². The van der Waals surface area contributed by atoms with E-state index in [0.29, 0.717) is 6.61 Å². The lowest BCUT2D eigenvalue weighted by atomic mass is 9.92. The number of amides is 1. The van der Waals surface area contributed by atoms with E-state index in [2.05, 4.69) is 35.3 Å². The number of pyridine rings is 1. The van der Waals surface area contributed by atoms with E-state index in [-0.39, 0.29) is 18.2 Å². The number of carbonyl (C=O) groups excluding carboxylic acids is 1. The van der Waals surface area contributed by atoms with E-state index >= 15 is 0 Å². The van der Waals surface area contributed by atoms with Gasteiger partial charge in [-0.25, -0.2) is 4.79 Å². The minimum absolute atomic E-state index is 0.120. The molecule has 1 aromatic heterocycles. The van der Waals surface area contributed by atoms with Crippen molar-refractivity contribution in [2.75, 3.05) is 0 Å². The Morgan fingerprint density at radius 3 is 2.82 bits per heavy atom. The van der Waals surface area contributed by atoms with Crippen LogP contribution in [0.15, 0.2) is 73.1 Å².